The van der Waals surface area contributed by atoms with Gasteiger partial charge in [0.2, 0.25) is 5.91 Å². The van der Waals surface area contributed by atoms with Crippen molar-refractivity contribution < 1.29 is 4.79 Å². The second-order valence-electron chi connectivity index (χ2n) is 5.79. The number of para-hydroxylation sites is 1. The minimum absolute atomic E-state index is 0.0425. The van der Waals surface area contributed by atoms with E-state index < -0.39 is 0 Å². The maximum absolute atomic E-state index is 12.5. The van der Waals surface area contributed by atoms with Gasteiger partial charge in [0.25, 0.3) is 0 Å². The van der Waals surface area contributed by atoms with Crippen LogP contribution in [-0.2, 0) is 17.8 Å². The molecule has 2 aliphatic heterocycles. The highest BCUT2D eigenvalue weighted by molar-refractivity contribution is 5.86. The Morgan fingerprint density at radius 3 is 3.05 bits per heavy atom. The molecule has 2 N–H and O–H groups in total. The van der Waals surface area contributed by atoms with Gasteiger partial charge in [0.15, 0.2) is 0 Å². The molecule has 0 saturated carbocycles. The zero-order chi connectivity index (χ0) is 13.5. The van der Waals surface area contributed by atoms with Gasteiger partial charge in [-0.15, -0.1) is 0 Å². The van der Waals surface area contributed by atoms with Gasteiger partial charge in [-0.3, -0.25) is 4.79 Å². The highest BCUT2D eigenvalue weighted by Gasteiger charge is 2.30. The van der Waals surface area contributed by atoms with Crippen LogP contribution >= 0.6 is 0 Å². The molecule has 0 aliphatic carbocycles. The topological polar surface area (TPSA) is 48.1 Å². The van der Waals surface area contributed by atoms with Crippen LogP contribution in [0.4, 0.5) is 0 Å². The van der Waals surface area contributed by atoms with Gasteiger partial charge < -0.3 is 15.2 Å². The lowest BCUT2D eigenvalue weighted by Gasteiger charge is -2.29. The van der Waals surface area contributed by atoms with E-state index in [9.17, 15) is 4.79 Å². The number of amides is 1. The van der Waals surface area contributed by atoms with Gasteiger partial charge in [0.1, 0.15) is 0 Å². The van der Waals surface area contributed by atoms with Crippen molar-refractivity contribution in [3.63, 3.8) is 0 Å². The average molecular weight is 269 g/mol. The van der Waals surface area contributed by atoms with Crippen LogP contribution in [0.1, 0.15) is 24.1 Å². The average Bonchev–Trinajstić information content (AvgIpc) is 3.13. The molecule has 4 rings (SSSR count). The molecule has 0 radical (unpaired) electrons. The minimum Gasteiger partial charge on any atom is -0.357 e. The van der Waals surface area contributed by atoms with Crippen LogP contribution in [0.5, 0.6) is 0 Å². The summed E-state index contributed by atoms with van der Waals surface area (Å²) in [6.45, 7) is 2.54. The summed E-state index contributed by atoms with van der Waals surface area (Å²) in [6.07, 6.45) is 3.05. The normalized spacial score (nSPS) is 22.2. The van der Waals surface area contributed by atoms with Crippen molar-refractivity contribution in [2.24, 2.45) is 0 Å². The van der Waals surface area contributed by atoms with E-state index >= 15 is 0 Å². The number of hydrogen-bond donors (Lipinski definition) is 2. The zero-order valence-electron chi connectivity index (χ0n) is 11.5. The van der Waals surface area contributed by atoms with Crippen molar-refractivity contribution in [3.8, 4) is 0 Å². The maximum atomic E-state index is 12.5. The highest BCUT2D eigenvalue weighted by Crippen LogP contribution is 2.27. The fraction of sp³-hybridized carbons (Fsp3) is 0.438. The molecule has 1 atom stereocenters. The molecular formula is C16H19N3O. The van der Waals surface area contributed by atoms with E-state index in [1.165, 1.54) is 22.2 Å². The van der Waals surface area contributed by atoms with Gasteiger partial charge in [-0.1, -0.05) is 18.2 Å². The van der Waals surface area contributed by atoms with Gasteiger partial charge in [0.05, 0.1) is 12.6 Å². The van der Waals surface area contributed by atoms with Crippen LogP contribution in [0.2, 0.25) is 0 Å². The van der Waals surface area contributed by atoms with Crippen molar-refractivity contribution in [3.05, 3.63) is 35.5 Å². The summed E-state index contributed by atoms with van der Waals surface area (Å²) in [5.41, 5.74) is 3.79. The molecule has 1 fully saturated rings. The minimum atomic E-state index is 0.0425. The van der Waals surface area contributed by atoms with Crippen LogP contribution in [0.15, 0.2) is 24.3 Å². The lowest BCUT2D eigenvalue weighted by molar-refractivity contribution is -0.134. The summed E-state index contributed by atoms with van der Waals surface area (Å²) in [4.78, 5) is 18.0. The molecule has 104 valence electrons. The predicted octanol–water partition coefficient (Wildman–Crippen LogP) is 1.80. The molecule has 4 nitrogen and oxygen atoms in total. The third kappa shape index (κ3) is 1.83. The van der Waals surface area contributed by atoms with E-state index in [-0.39, 0.29) is 11.9 Å². The summed E-state index contributed by atoms with van der Waals surface area (Å²) in [6, 6.07) is 8.45. The Bertz CT molecular complexity index is 655. The first-order chi connectivity index (χ1) is 9.83. The number of hydrogen-bond acceptors (Lipinski definition) is 2. The Hall–Kier alpha value is -1.81. The van der Waals surface area contributed by atoms with E-state index in [1.54, 1.807) is 0 Å². The molecule has 1 saturated heterocycles. The lowest BCUT2D eigenvalue weighted by atomic mass is 10.0. The molecule has 3 heterocycles. The SMILES string of the molecule is O=C([C@@H]1CCCN1)N1CCc2c([nH]c3ccccc23)C1. The number of carbonyl (C=O) groups excluding carboxylic acids is 1. The van der Waals surface area contributed by atoms with Crippen LogP contribution in [0.3, 0.4) is 0 Å². The van der Waals surface area contributed by atoms with Crippen LogP contribution in [0.25, 0.3) is 10.9 Å². The first kappa shape index (κ1) is 12.0. The van der Waals surface area contributed by atoms with Gasteiger partial charge in [0, 0.05) is 23.1 Å². The Balaban J connectivity index is 1.61. The summed E-state index contributed by atoms with van der Waals surface area (Å²) < 4.78 is 0. The van der Waals surface area contributed by atoms with Crippen LogP contribution < -0.4 is 5.32 Å². The molecule has 0 spiro atoms. The van der Waals surface area contributed by atoms with E-state index in [0.717, 1.165) is 38.9 Å². The van der Waals surface area contributed by atoms with E-state index in [4.69, 9.17) is 0 Å². The fourth-order valence-electron chi connectivity index (χ4n) is 3.50. The second kappa shape index (κ2) is 4.63. The quantitative estimate of drug-likeness (QED) is 0.829. The number of benzene rings is 1. The summed E-state index contributed by atoms with van der Waals surface area (Å²) in [7, 11) is 0. The Morgan fingerprint density at radius 2 is 2.20 bits per heavy atom. The van der Waals surface area contributed by atoms with Gasteiger partial charge in [-0.25, -0.2) is 0 Å². The third-order valence-electron chi connectivity index (χ3n) is 4.55. The number of rotatable bonds is 1. The number of aromatic nitrogens is 1. The molecule has 1 aromatic carbocycles. The summed E-state index contributed by atoms with van der Waals surface area (Å²) >= 11 is 0. The molecule has 20 heavy (non-hydrogen) atoms. The monoisotopic (exact) mass is 269 g/mol. The molecule has 2 aliphatic rings. The first-order valence-electron chi connectivity index (χ1n) is 7.43. The molecule has 4 heteroatoms. The number of fused-ring (bicyclic) bond motifs is 3. The first-order valence-corrected chi connectivity index (χ1v) is 7.43. The zero-order valence-corrected chi connectivity index (χ0v) is 11.5. The number of nitrogens with zero attached hydrogens (tertiary/aromatic N) is 1. The van der Waals surface area contributed by atoms with Crippen molar-refractivity contribution >= 4 is 16.8 Å². The van der Waals surface area contributed by atoms with E-state index in [2.05, 4.69) is 34.6 Å². The van der Waals surface area contributed by atoms with Crippen molar-refractivity contribution in [1.29, 1.82) is 0 Å². The standard InChI is InChI=1S/C16H19N3O/c20-16(14-6-3-8-17-14)19-9-7-12-11-4-1-2-5-13(11)18-15(12)10-19/h1-2,4-5,14,17-18H,3,6-10H2/t14-/m0/s1. The van der Waals surface area contributed by atoms with Gasteiger partial charge in [-0.05, 0) is 37.4 Å². The second-order valence-corrected chi connectivity index (χ2v) is 5.79. The molecular weight excluding hydrogens is 250 g/mol. The maximum Gasteiger partial charge on any atom is 0.240 e. The molecule has 0 unspecified atom stereocenters. The summed E-state index contributed by atoms with van der Waals surface area (Å²) in [5, 5.41) is 4.62. The van der Waals surface area contributed by atoms with Gasteiger partial charge in [-0.2, -0.15) is 0 Å². The van der Waals surface area contributed by atoms with Crippen molar-refractivity contribution in [2.75, 3.05) is 13.1 Å². The Kier molecular flexibility index (Phi) is 2.77. The van der Waals surface area contributed by atoms with Crippen molar-refractivity contribution in [1.82, 2.24) is 15.2 Å². The fourth-order valence-corrected chi connectivity index (χ4v) is 3.50. The van der Waals surface area contributed by atoms with Crippen LogP contribution in [0, 0.1) is 0 Å². The third-order valence-corrected chi connectivity index (χ3v) is 4.55. The number of H-pyrrole nitrogens is 1. The predicted molar refractivity (Wildman–Crippen MR) is 78.4 cm³/mol. The van der Waals surface area contributed by atoms with Crippen LogP contribution in [-0.4, -0.2) is 34.9 Å². The van der Waals surface area contributed by atoms with Crippen molar-refractivity contribution in [2.45, 2.75) is 31.8 Å². The Labute approximate surface area is 118 Å². The van der Waals surface area contributed by atoms with E-state index in [1.807, 2.05) is 4.90 Å². The molecule has 1 aromatic heterocycles. The molecule has 2 aromatic rings. The smallest absolute Gasteiger partial charge is 0.240 e. The summed E-state index contributed by atoms with van der Waals surface area (Å²) in [5.74, 6) is 0.270. The molecule has 0 bridgehead atoms. The lowest BCUT2D eigenvalue weighted by Crippen LogP contribution is -2.45. The van der Waals surface area contributed by atoms with Gasteiger partial charge >= 0.3 is 0 Å². The number of aromatic amines is 1. The largest absolute Gasteiger partial charge is 0.357 e. The Morgan fingerprint density at radius 1 is 1.30 bits per heavy atom. The number of carbonyl (C=O) groups is 1. The van der Waals surface area contributed by atoms with E-state index in [0.29, 0.717) is 0 Å². The molecule has 1 amide bonds. The highest BCUT2D eigenvalue weighted by atomic mass is 16.2. The number of nitrogens with one attached hydrogen (secondary N) is 2.